The van der Waals surface area contributed by atoms with Crippen molar-refractivity contribution in [2.24, 2.45) is 0 Å². The Morgan fingerprint density at radius 3 is 2.83 bits per heavy atom. The average molecular weight is 426 g/mol. The van der Waals surface area contributed by atoms with Gasteiger partial charge in [-0.1, -0.05) is 22.8 Å². The van der Waals surface area contributed by atoms with Crippen LogP contribution in [0.25, 0.3) is 0 Å². The zero-order valence-electron chi connectivity index (χ0n) is 15.7. The maximum atomic E-state index is 13.3. The highest BCUT2D eigenvalue weighted by atomic mass is 35.5. The summed E-state index contributed by atoms with van der Waals surface area (Å²) >= 11 is 5.57. The van der Waals surface area contributed by atoms with E-state index in [2.05, 4.69) is 22.4 Å². The fourth-order valence-electron chi connectivity index (χ4n) is 2.30. The van der Waals surface area contributed by atoms with Crippen molar-refractivity contribution in [2.75, 3.05) is 13.2 Å². The minimum Gasteiger partial charge on any atom is -0.484 e. The summed E-state index contributed by atoms with van der Waals surface area (Å²) < 4.78 is 23.4. The third-order valence-corrected chi connectivity index (χ3v) is 4.08. The summed E-state index contributed by atoms with van der Waals surface area (Å²) in [6.45, 7) is 4.87. The Balaban J connectivity index is 1.73. The van der Waals surface area contributed by atoms with Gasteiger partial charge in [0.25, 0.3) is 11.8 Å². The first kappa shape index (κ1) is 22.4. The summed E-state index contributed by atoms with van der Waals surface area (Å²) in [6.07, 6.45) is 0.627. The number of amides is 2. The van der Waals surface area contributed by atoms with Gasteiger partial charge in [-0.2, -0.15) is 0 Å². The minimum absolute atomic E-state index is 0.0489. The number of carbonyl (C=O) groups is 2. The van der Waals surface area contributed by atoms with E-state index in [-0.39, 0.29) is 36.1 Å². The molecule has 0 aliphatic carbocycles. The first-order valence-electron chi connectivity index (χ1n) is 8.68. The van der Waals surface area contributed by atoms with Crippen molar-refractivity contribution in [3.05, 3.63) is 59.2 Å². The van der Waals surface area contributed by atoms with Gasteiger partial charge in [0.15, 0.2) is 6.61 Å². The Kier molecular flexibility index (Phi) is 8.17. The number of nitrogens with one attached hydrogen (secondary N) is 2. The SMILES string of the molecule is C=CC(C[C@H](O)CNC(=O)COc1ccc(Cl)c(F)c1)NC(=O)c1cc(C)no1. The molecule has 0 radical (unpaired) electrons. The number of ether oxygens (including phenoxy) is 1. The molecule has 1 aromatic carbocycles. The summed E-state index contributed by atoms with van der Waals surface area (Å²) in [5, 5.41) is 18.8. The molecule has 8 nitrogen and oxygen atoms in total. The van der Waals surface area contributed by atoms with Gasteiger partial charge in [0.2, 0.25) is 5.76 Å². The van der Waals surface area contributed by atoms with Gasteiger partial charge >= 0.3 is 0 Å². The van der Waals surface area contributed by atoms with Gasteiger partial charge < -0.3 is 25.0 Å². The Labute approximate surface area is 171 Å². The summed E-state index contributed by atoms with van der Waals surface area (Å²) in [7, 11) is 0. The zero-order chi connectivity index (χ0) is 21.4. The molecule has 0 aliphatic heterocycles. The fourth-order valence-corrected chi connectivity index (χ4v) is 2.42. The highest BCUT2D eigenvalue weighted by molar-refractivity contribution is 6.30. The Hall–Kier alpha value is -2.91. The molecule has 0 spiro atoms. The van der Waals surface area contributed by atoms with Gasteiger partial charge in [-0.25, -0.2) is 4.39 Å². The van der Waals surface area contributed by atoms with Crippen LogP contribution >= 0.6 is 11.6 Å². The summed E-state index contributed by atoms with van der Waals surface area (Å²) in [6, 6.07) is 4.75. The number of aliphatic hydroxyl groups excluding tert-OH is 1. The fraction of sp³-hybridized carbons (Fsp3) is 0.316. The minimum atomic E-state index is -0.952. The van der Waals surface area contributed by atoms with Gasteiger partial charge in [0.1, 0.15) is 11.6 Å². The van der Waals surface area contributed by atoms with Crippen molar-refractivity contribution in [1.29, 1.82) is 0 Å². The second-order valence-electron chi connectivity index (χ2n) is 6.21. The average Bonchev–Trinajstić information content (AvgIpc) is 3.13. The smallest absolute Gasteiger partial charge is 0.290 e. The molecule has 0 fully saturated rings. The van der Waals surface area contributed by atoms with Crippen LogP contribution in [0.2, 0.25) is 5.02 Å². The predicted molar refractivity (Wildman–Crippen MR) is 103 cm³/mol. The highest BCUT2D eigenvalue weighted by Gasteiger charge is 2.18. The van der Waals surface area contributed by atoms with Crippen LogP contribution in [-0.4, -0.2) is 47.4 Å². The van der Waals surface area contributed by atoms with Crippen molar-refractivity contribution in [1.82, 2.24) is 15.8 Å². The molecule has 2 rings (SSSR count). The third kappa shape index (κ3) is 7.20. The van der Waals surface area contributed by atoms with Crippen molar-refractivity contribution >= 4 is 23.4 Å². The Morgan fingerprint density at radius 2 is 2.21 bits per heavy atom. The van der Waals surface area contributed by atoms with Crippen LogP contribution < -0.4 is 15.4 Å². The molecule has 29 heavy (non-hydrogen) atoms. The Morgan fingerprint density at radius 1 is 1.45 bits per heavy atom. The molecule has 1 heterocycles. The summed E-state index contributed by atoms with van der Waals surface area (Å²) in [4.78, 5) is 23.9. The van der Waals surface area contributed by atoms with Crippen molar-refractivity contribution in [2.45, 2.75) is 25.5 Å². The Bertz CT molecular complexity index is 873. The summed E-state index contributed by atoms with van der Waals surface area (Å²) in [5.74, 6) is -1.45. The summed E-state index contributed by atoms with van der Waals surface area (Å²) in [5.41, 5.74) is 0.566. The lowest BCUT2D eigenvalue weighted by molar-refractivity contribution is -0.123. The molecule has 0 bridgehead atoms. The van der Waals surface area contributed by atoms with Gasteiger partial charge in [0.05, 0.1) is 16.8 Å². The quantitative estimate of drug-likeness (QED) is 0.502. The lowest BCUT2D eigenvalue weighted by atomic mass is 10.1. The van der Waals surface area contributed by atoms with E-state index >= 15 is 0 Å². The number of halogens is 2. The van der Waals surface area contributed by atoms with E-state index in [0.717, 1.165) is 6.07 Å². The van der Waals surface area contributed by atoms with Crippen molar-refractivity contribution in [3.63, 3.8) is 0 Å². The van der Waals surface area contributed by atoms with Gasteiger partial charge in [-0.3, -0.25) is 9.59 Å². The van der Waals surface area contributed by atoms with Crippen LogP contribution in [0.3, 0.4) is 0 Å². The van der Waals surface area contributed by atoms with Crippen LogP contribution in [0, 0.1) is 12.7 Å². The molecular weight excluding hydrogens is 405 g/mol. The normalized spacial score (nSPS) is 12.7. The third-order valence-electron chi connectivity index (χ3n) is 3.77. The van der Waals surface area contributed by atoms with E-state index in [1.807, 2.05) is 0 Å². The van der Waals surface area contributed by atoms with E-state index in [4.69, 9.17) is 20.9 Å². The number of aryl methyl sites for hydroxylation is 1. The first-order chi connectivity index (χ1) is 13.8. The number of hydrogen-bond donors (Lipinski definition) is 3. The van der Waals surface area contributed by atoms with Crippen LogP contribution in [-0.2, 0) is 4.79 Å². The van der Waals surface area contributed by atoms with Crippen molar-refractivity contribution in [3.8, 4) is 5.75 Å². The molecule has 2 atom stereocenters. The van der Waals surface area contributed by atoms with Gasteiger partial charge in [-0.15, -0.1) is 6.58 Å². The van der Waals surface area contributed by atoms with E-state index in [1.165, 1.54) is 24.3 Å². The second kappa shape index (κ2) is 10.6. The standard InChI is InChI=1S/C19H21ClFN3O5/c1-3-12(23-19(27)17-6-11(2)24-29-17)7-13(25)9-22-18(26)10-28-14-4-5-15(20)16(21)8-14/h3-6,8,12-13,25H,1,7,9-10H2,2H3,(H,22,26)(H,23,27)/t12?,13-/m0/s1. The van der Waals surface area contributed by atoms with E-state index in [9.17, 15) is 19.1 Å². The molecule has 1 unspecified atom stereocenters. The van der Waals surface area contributed by atoms with Crippen LogP contribution in [0.5, 0.6) is 5.75 Å². The largest absolute Gasteiger partial charge is 0.484 e. The molecule has 0 saturated heterocycles. The number of carbonyl (C=O) groups excluding carboxylic acids is 2. The molecule has 0 aliphatic rings. The monoisotopic (exact) mass is 425 g/mol. The van der Waals surface area contributed by atoms with Crippen molar-refractivity contribution < 1.29 is 28.3 Å². The zero-order valence-corrected chi connectivity index (χ0v) is 16.4. The molecule has 3 N–H and O–H groups in total. The number of hydrogen-bond acceptors (Lipinski definition) is 6. The van der Waals surface area contributed by atoms with Gasteiger partial charge in [-0.05, 0) is 25.5 Å². The number of benzene rings is 1. The van der Waals surface area contributed by atoms with Crippen LogP contribution in [0.1, 0.15) is 22.7 Å². The molecule has 0 saturated carbocycles. The second-order valence-corrected chi connectivity index (χ2v) is 6.61. The maximum Gasteiger partial charge on any atom is 0.290 e. The molecule has 1 aromatic heterocycles. The van der Waals surface area contributed by atoms with E-state index in [1.54, 1.807) is 6.92 Å². The number of aromatic nitrogens is 1. The number of rotatable bonds is 10. The molecule has 156 valence electrons. The number of aliphatic hydroxyl groups is 1. The first-order valence-corrected chi connectivity index (χ1v) is 9.05. The molecule has 2 amide bonds. The topological polar surface area (TPSA) is 114 Å². The van der Waals surface area contributed by atoms with E-state index in [0.29, 0.717) is 5.69 Å². The molecule has 2 aromatic rings. The molecular formula is C19H21ClFN3O5. The van der Waals surface area contributed by atoms with Crippen LogP contribution in [0.15, 0.2) is 41.4 Å². The highest BCUT2D eigenvalue weighted by Crippen LogP contribution is 2.20. The van der Waals surface area contributed by atoms with E-state index < -0.39 is 29.8 Å². The lowest BCUT2D eigenvalue weighted by Crippen LogP contribution is -2.40. The lowest BCUT2D eigenvalue weighted by Gasteiger charge is -2.18. The maximum absolute atomic E-state index is 13.3. The van der Waals surface area contributed by atoms with Gasteiger partial charge in [0, 0.05) is 24.7 Å². The number of nitrogens with zero attached hydrogens (tertiary/aromatic N) is 1. The molecule has 10 heteroatoms. The van der Waals surface area contributed by atoms with Crippen LogP contribution in [0.4, 0.5) is 4.39 Å². The predicted octanol–water partition coefficient (Wildman–Crippen LogP) is 2.01.